The van der Waals surface area contributed by atoms with Crippen molar-refractivity contribution >= 4 is 5.97 Å². The van der Waals surface area contributed by atoms with Crippen LogP contribution in [-0.2, 0) is 9.53 Å². The molecule has 0 saturated heterocycles. The van der Waals surface area contributed by atoms with E-state index in [1.165, 1.54) is 20.0 Å². The van der Waals surface area contributed by atoms with E-state index in [0.29, 0.717) is 18.3 Å². The highest BCUT2D eigenvalue weighted by Gasteiger charge is 2.26. The molecule has 1 rings (SSSR count). The minimum absolute atomic E-state index is 0.0891. The molecule has 2 atom stereocenters. The first-order valence-corrected chi connectivity index (χ1v) is 4.47. The first kappa shape index (κ1) is 9.30. The molecule has 0 aromatic rings. The number of carbonyl (C=O) groups is 1. The van der Waals surface area contributed by atoms with Crippen molar-refractivity contribution in [3.63, 3.8) is 0 Å². The van der Waals surface area contributed by atoms with Gasteiger partial charge in [0.1, 0.15) is 0 Å². The highest BCUT2D eigenvalue weighted by Crippen LogP contribution is 2.34. The van der Waals surface area contributed by atoms with Gasteiger partial charge in [-0.25, -0.2) is 0 Å². The Morgan fingerprint density at radius 1 is 1.67 bits per heavy atom. The first-order valence-electron chi connectivity index (χ1n) is 4.47. The van der Waals surface area contributed by atoms with E-state index in [1.54, 1.807) is 0 Å². The minimum atomic E-state index is -0.0891. The molecule has 0 spiro atoms. The monoisotopic (exact) mass is 168 g/mol. The predicted molar refractivity (Wildman–Crippen MR) is 47.7 cm³/mol. The van der Waals surface area contributed by atoms with Crippen molar-refractivity contribution in [1.29, 1.82) is 0 Å². The molecule has 0 radical (unpaired) electrons. The normalized spacial score (nSPS) is 28.4. The number of hydrogen-bond acceptors (Lipinski definition) is 2. The van der Waals surface area contributed by atoms with Gasteiger partial charge < -0.3 is 4.74 Å². The van der Waals surface area contributed by atoms with Gasteiger partial charge in [0.05, 0.1) is 7.11 Å². The van der Waals surface area contributed by atoms with Crippen molar-refractivity contribution in [2.75, 3.05) is 7.11 Å². The lowest BCUT2D eigenvalue weighted by Crippen LogP contribution is -2.12. The largest absolute Gasteiger partial charge is 0.469 e. The first-order chi connectivity index (χ1) is 5.77. The second kappa shape index (κ2) is 4.29. The summed E-state index contributed by atoms with van der Waals surface area (Å²) in [4.78, 5) is 11.0. The smallest absolute Gasteiger partial charge is 0.305 e. The summed E-state index contributed by atoms with van der Waals surface area (Å²) in [5.74, 6) is 0.924. The maximum absolute atomic E-state index is 11.0. The zero-order valence-corrected chi connectivity index (χ0v) is 7.58. The van der Waals surface area contributed by atoms with E-state index >= 15 is 0 Å². The molecule has 0 bridgehead atoms. The van der Waals surface area contributed by atoms with Crippen LogP contribution in [-0.4, -0.2) is 13.1 Å². The zero-order chi connectivity index (χ0) is 8.97. The van der Waals surface area contributed by atoms with Gasteiger partial charge in [0.15, 0.2) is 0 Å². The quantitative estimate of drug-likeness (QED) is 0.477. The van der Waals surface area contributed by atoms with Gasteiger partial charge in [-0.3, -0.25) is 4.79 Å². The van der Waals surface area contributed by atoms with Gasteiger partial charge in [-0.1, -0.05) is 12.5 Å². The molecular formula is C10H16O2. The van der Waals surface area contributed by atoms with E-state index in [-0.39, 0.29) is 5.97 Å². The fraction of sp³-hybridized carbons (Fsp3) is 0.700. The third-order valence-electron chi connectivity index (χ3n) is 2.68. The van der Waals surface area contributed by atoms with E-state index in [4.69, 9.17) is 0 Å². The van der Waals surface area contributed by atoms with Crippen molar-refractivity contribution in [3.8, 4) is 0 Å². The Morgan fingerprint density at radius 2 is 2.42 bits per heavy atom. The summed E-state index contributed by atoms with van der Waals surface area (Å²) >= 11 is 0. The lowest BCUT2D eigenvalue weighted by Gasteiger charge is -2.13. The van der Waals surface area contributed by atoms with Gasteiger partial charge >= 0.3 is 5.97 Å². The van der Waals surface area contributed by atoms with Crippen molar-refractivity contribution in [1.82, 2.24) is 0 Å². The molecule has 0 unspecified atom stereocenters. The Bertz CT molecular complexity index is 175. The SMILES string of the molecule is C=C[C@@H]1CCC[C@H]1CC(=O)OC. The Labute approximate surface area is 73.6 Å². The van der Waals surface area contributed by atoms with E-state index in [2.05, 4.69) is 11.3 Å². The molecule has 0 aromatic heterocycles. The second-order valence-electron chi connectivity index (χ2n) is 3.37. The van der Waals surface area contributed by atoms with Crippen LogP contribution in [0.4, 0.5) is 0 Å². The minimum Gasteiger partial charge on any atom is -0.469 e. The van der Waals surface area contributed by atoms with Gasteiger partial charge in [-0.15, -0.1) is 6.58 Å². The maximum atomic E-state index is 11.0. The molecule has 12 heavy (non-hydrogen) atoms. The van der Waals surface area contributed by atoms with Gasteiger partial charge in [-0.2, -0.15) is 0 Å². The van der Waals surface area contributed by atoms with Gasteiger partial charge in [-0.05, 0) is 24.7 Å². The third-order valence-corrected chi connectivity index (χ3v) is 2.68. The van der Waals surface area contributed by atoms with E-state index in [1.807, 2.05) is 6.08 Å². The molecule has 2 nitrogen and oxygen atoms in total. The Balaban J connectivity index is 2.40. The molecule has 0 aliphatic heterocycles. The topological polar surface area (TPSA) is 26.3 Å². The maximum Gasteiger partial charge on any atom is 0.305 e. The number of carbonyl (C=O) groups excluding carboxylic acids is 1. The zero-order valence-electron chi connectivity index (χ0n) is 7.58. The molecule has 1 fully saturated rings. The number of esters is 1. The van der Waals surface area contributed by atoms with Crippen LogP contribution in [0.3, 0.4) is 0 Å². The summed E-state index contributed by atoms with van der Waals surface area (Å²) in [7, 11) is 1.44. The summed E-state index contributed by atoms with van der Waals surface area (Å²) in [5.41, 5.74) is 0. The molecule has 0 amide bonds. The van der Waals surface area contributed by atoms with Crippen LogP contribution in [0.25, 0.3) is 0 Å². The highest BCUT2D eigenvalue weighted by atomic mass is 16.5. The number of hydrogen-bond donors (Lipinski definition) is 0. The molecule has 68 valence electrons. The number of methoxy groups -OCH3 is 1. The molecule has 0 N–H and O–H groups in total. The van der Waals surface area contributed by atoms with Gasteiger partial charge in [0.25, 0.3) is 0 Å². The Kier molecular flexibility index (Phi) is 3.32. The van der Waals surface area contributed by atoms with E-state index in [9.17, 15) is 4.79 Å². The van der Waals surface area contributed by atoms with Crippen LogP contribution in [0.5, 0.6) is 0 Å². The van der Waals surface area contributed by atoms with Crippen LogP contribution < -0.4 is 0 Å². The van der Waals surface area contributed by atoms with Gasteiger partial charge in [0.2, 0.25) is 0 Å². The standard InChI is InChI=1S/C10H16O2/c1-3-8-5-4-6-9(8)7-10(11)12-2/h3,8-9H,1,4-7H2,2H3/t8-,9+/m1/s1. The second-order valence-corrected chi connectivity index (χ2v) is 3.37. The molecule has 1 saturated carbocycles. The molecular weight excluding hydrogens is 152 g/mol. The summed E-state index contributed by atoms with van der Waals surface area (Å²) in [6.45, 7) is 3.77. The number of ether oxygens (including phenoxy) is 1. The molecule has 0 heterocycles. The van der Waals surface area contributed by atoms with Crippen LogP contribution >= 0.6 is 0 Å². The molecule has 1 aliphatic carbocycles. The summed E-state index contributed by atoms with van der Waals surface area (Å²) in [6.07, 6.45) is 6.09. The fourth-order valence-electron chi connectivity index (χ4n) is 1.93. The average molecular weight is 168 g/mol. The molecule has 2 heteroatoms. The fourth-order valence-corrected chi connectivity index (χ4v) is 1.93. The average Bonchev–Trinajstić information content (AvgIpc) is 2.51. The van der Waals surface area contributed by atoms with E-state index < -0.39 is 0 Å². The van der Waals surface area contributed by atoms with Crippen LogP contribution in [0, 0.1) is 11.8 Å². The van der Waals surface area contributed by atoms with Crippen LogP contribution in [0.1, 0.15) is 25.7 Å². The Morgan fingerprint density at radius 3 is 3.00 bits per heavy atom. The summed E-state index contributed by atoms with van der Waals surface area (Å²) in [6, 6.07) is 0. The lowest BCUT2D eigenvalue weighted by atomic mass is 9.93. The molecule has 1 aliphatic rings. The number of rotatable bonds is 3. The van der Waals surface area contributed by atoms with Crippen molar-refractivity contribution < 1.29 is 9.53 Å². The van der Waals surface area contributed by atoms with E-state index in [0.717, 1.165) is 6.42 Å². The molecule has 0 aromatic carbocycles. The van der Waals surface area contributed by atoms with Crippen molar-refractivity contribution in [2.45, 2.75) is 25.7 Å². The third kappa shape index (κ3) is 2.10. The lowest BCUT2D eigenvalue weighted by molar-refractivity contribution is -0.141. The van der Waals surface area contributed by atoms with Crippen LogP contribution in [0.15, 0.2) is 12.7 Å². The van der Waals surface area contributed by atoms with Crippen molar-refractivity contribution in [3.05, 3.63) is 12.7 Å². The van der Waals surface area contributed by atoms with Crippen LogP contribution in [0.2, 0.25) is 0 Å². The summed E-state index contributed by atoms with van der Waals surface area (Å²) < 4.78 is 4.63. The number of allylic oxidation sites excluding steroid dienone is 1. The van der Waals surface area contributed by atoms with Crippen molar-refractivity contribution in [2.24, 2.45) is 11.8 Å². The highest BCUT2D eigenvalue weighted by molar-refractivity contribution is 5.69. The predicted octanol–water partition coefficient (Wildman–Crippen LogP) is 2.15. The van der Waals surface area contributed by atoms with Gasteiger partial charge in [0, 0.05) is 6.42 Å². The summed E-state index contributed by atoms with van der Waals surface area (Å²) in [5, 5.41) is 0. The Hall–Kier alpha value is -0.790.